The van der Waals surface area contributed by atoms with E-state index in [0.717, 1.165) is 22.4 Å². The lowest BCUT2D eigenvalue weighted by Gasteiger charge is -2.10. The minimum atomic E-state index is -0.214. The Morgan fingerprint density at radius 3 is 2.59 bits per heavy atom. The van der Waals surface area contributed by atoms with Crippen molar-refractivity contribution < 1.29 is 14.1 Å². The first-order valence-electron chi connectivity index (χ1n) is 9.86. The minimum Gasteiger partial charge on any atom is -0.486 e. The van der Waals surface area contributed by atoms with E-state index >= 15 is 0 Å². The van der Waals surface area contributed by atoms with Crippen LogP contribution in [-0.2, 0) is 11.4 Å². The molecule has 1 N–H and O–H groups in total. The molecule has 2 aromatic carbocycles. The zero-order chi connectivity index (χ0) is 22.1. The molecule has 1 aliphatic heterocycles. The van der Waals surface area contributed by atoms with Gasteiger partial charge >= 0.3 is 0 Å². The molecule has 8 heteroatoms. The first kappa shape index (κ1) is 20.0. The van der Waals surface area contributed by atoms with E-state index in [1.54, 1.807) is 36.7 Å². The molecule has 0 aliphatic carbocycles. The summed E-state index contributed by atoms with van der Waals surface area (Å²) in [5.74, 6) is 1.60. The van der Waals surface area contributed by atoms with Crippen LogP contribution in [0, 0.1) is 6.92 Å². The van der Waals surface area contributed by atoms with Gasteiger partial charge in [-0.25, -0.2) is 9.97 Å². The highest BCUT2D eigenvalue weighted by molar-refractivity contribution is 6.38. The van der Waals surface area contributed by atoms with Crippen LogP contribution in [0.3, 0.4) is 0 Å². The van der Waals surface area contributed by atoms with Crippen LogP contribution in [0.15, 0.2) is 65.4 Å². The van der Waals surface area contributed by atoms with Gasteiger partial charge in [-0.15, -0.1) is 0 Å². The summed E-state index contributed by atoms with van der Waals surface area (Å²) >= 11 is 6.54. The number of benzene rings is 2. The number of aromatic nitrogens is 3. The van der Waals surface area contributed by atoms with E-state index < -0.39 is 0 Å². The number of hydrogen-bond acceptors (Lipinski definition) is 6. The molecule has 0 bridgehead atoms. The molecule has 0 fully saturated rings. The van der Waals surface area contributed by atoms with Crippen LogP contribution in [0.2, 0.25) is 5.02 Å². The summed E-state index contributed by atoms with van der Waals surface area (Å²) in [7, 11) is 0. The SMILES string of the molecule is Cc1cc(/C=C2/C(=O)Nc3cc(Cl)c(-c4ccc(OCc5ncccn5)cc4)cc32)on1. The third-order valence-electron chi connectivity index (χ3n) is 4.98. The van der Waals surface area contributed by atoms with Gasteiger partial charge in [-0.05, 0) is 48.9 Å². The van der Waals surface area contributed by atoms with Gasteiger partial charge in [0, 0.05) is 29.6 Å². The van der Waals surface area contributed by atoms with Crippen molar-refractivity contribution in [2.24, 2.45) is 0 Å². The standard InChI is InChI=1S/C24H17ClN4O3/c1-14-9-17(32-29-14)10-20-19-11-18(21(25)12-22(19)28-24(20)30)15-3-5-16(6-4-15)31-13-23-26-7-2-8-27-23/h2-12H,13H2,1H3,(H,28,30)/b20-10+. The van der Waals surface area contributed by atoms with Gasteiger partial charge in [-0.3, -0.25) is 4.79 Å². The highest BCUT2D eigenvalue weighted by Gasteiger charge is 2.26. The fourth-order valence-corrected chi connectivity index (χ4v) is 3.73. The molecule has 0 atom stereocenters. The molecular weight excluding hydrogens is 428 g/mol. The van der Waals surface area contributed by atoms with E-state index in [4.69, 9.17) is 20.9 Å². The maximum Gasteiger partial charge on any atom is 0.256 e. The number of nitrogens with zero attached hydrogens (tertiary/aromatic N) is 3. The van der Waals surface area contributed by atoms with E-state index in [2.05, 4.69) is 20.4 Å². The van der Waals surface area contributed by atoms with Crippen molar-refractivity contribution >= 4 is 34.8 Å². The number of anilines is 1. The molecule has 0 saturated heterocycles. The Bertz CT molecular complexity index is 1330. The number of rotatable bonds is 5. The third kappa shape index (κ3) is 3.98. The molecule has 2 aromatic heterocycles. The highest BCUT2D eigenvalue weighted by atomic mass is 35.5. The Kier molecular flexibility index (Phi) is 5.17. The summed E-state index contributed by atoms with van der Waals surface area (Å²) < 4.78 is 11.0. The number of ether oxygens (including phenoxy) is 1. The summed E-state index contributed by atoms with van der Waals surface area (Å²) in [6.45, 7) is 2.11. The second kappa shape index (κ2) is 8.28. The zero-order valence-corrected chi connectivity index (χ0v) is 17.8. The van der Waals surface area contributed by atoms with E-state index in [9.17, 15) is 4.79 Å². The van der Waals surface area contributed by atoms with Gasteiger partial charge in [0.15, 0.2) is 11.6 Å². The van der Waals surface area contributed by atoms with Crippen molar-refractivity contribution in [1.29, 1.82) is 0 Å². The van der Waals surface area contributed by atoms with Crippen molar-refractivity contribution in [2.45, 2.75) is 13.5 Å². The van der Waals surface area contributed by atoms with E-state index in [0.29, 0.717) is 33.6 Å². The number of fused-ring (bicyclic) bond motifs is 1. The number of amides is 1. The Labute approximate surface area is 188 Å². The number of nitrogens with one attached hydrogen (secondary N) is 1. The average molecular weight is 445 g/mol. The van der Waals surface area contributed by atoms with Gasteiger partial charge < -0.3 is 14.6 Å². The molecule has 158 valence electrons. The van der Waals surface area contributed by atoms with Crippen LogP contribution < -0.4 is 10.1 Å². The Morgan fingerprint density at radius 2 is 1.88 bits per heavy atom. The second-order valence-corrected chi connectivity index (χ2v) is 7.65. The molecule has 0 radical (unpaired) electrons. The van der Waals surface area contributed by atoms with E-state index in [1.807, 2.05) is 37.3 Å². The predicted molar refractivity (Wildman–Crippen MR) is 121 cm³/mol. The van der Waals surface area contributed by atoms with Crippen molar-refractivity contribution in [3.63, 3.8) is 0 Å². The van der Waals surface area contributed by atoms with E-state index in [1.165, 1.54) is 0 Å². The number of halogens is 1. The second-order valence-electron chi connectivity index (χ2n) is 7.24. The Morgan fingerprint density at radius 1 is 1.09 bits per heavy atom. The largest absolute Gasteiger partial charge is 0.486 e. The predicted octanol–water partition coefficient (Wildman–Crippen LogP) is 5.17. The van der Waals surface area contributed by atoms with Crippen LogP contribution in [0.5, 0.6) is 5.75 Å². The number of carbonyl (C=O) groups is 1. The van der Waals surface area contributed by atoms with Gasteiger partial charge in [-0.1, -0.05) is 28.9 Å². The molecule has 1 aliphatic rings. The van der Waals surface area contributed by atoms with Gasteiger partial charge in [-0.2, -0.15) is 0 Å². The minimum absolute atomic E-state index is 0.214. The molecule has 0 spiro atoms. The average Bonchev–Trinajstić information content (AvgIpc) is 3.35. The van der Waals surface area contributed by atoms with Gasteiger partial charge in [0.1, 0.15) is 12.4 Å². The molecule has 0 saturated carbocycles. The van der Waals surface area contributed by atoms with Gasteiger partial charge in [0.2, 0.25) is 0 Å². The van der Waals surface area contributed by atoms with Crippen molar-refractivity contribution in [3.05, 3.63) is 88.8 Å². The van der Waals surface area contributed by atoms with Crippen LogP contribution >= 0.6 is 11.6 Å². The first-order chi connectivity index (χ1) is 15.6. The van der Waals surface area contributed by atoms with E-state index in [-0.39, 0.29) is 12.5 Å². The molecule has 4 aromatic rings. The molecule has 7 nitrogen and oxygen atoms in total. The summed E-state index contributed by atoms with van der Waals surface area (Å²) in [6.07, 6.45) is 5.04. The van der Waals surface area contributed by atoms with Crippen LogP contribution in [0.4, 0.5) is 5.69 Å². The van der Waals surface area contributed by atoms with Gasteiger partial charge in [0.05, 0.1) is 22.0 Å². The fraction of sp³-hybridized carbons (Fsp3) is 0.0833. The lowest BCUT2D eigenvalue weighted by atomic mass is 9.98. The molecule has 0 unspecified atom stereocenters. The van der Waals surface area contributed by atoms with Crippen LogP contribution in [0.25, 0.3) is 22.8 Å². The third-order valence-corrected chi connectivity index (χ3v) is 5.29. The molecule has 3 heterocycles. The van der Waals surface area contributed by atoms with Crippen LogP contribution in [0.1, 0.15) is 22.8 Å². The fourth-order valence-electron chi connectivity index (χ4n) is 3.45. The van der Waals surface area contributed by atoms with Crippen molar-refractivity contribution in [3.8, 4) is 16.9 Å². The van der Waals surface area contributed by atoms with Crippen LogP contribution in [-0.4, -0.2) is 21.0 Å². The lowest BCUT2D eigenvalue weighted by Crippen LogP contribution is -2.03. The quantitative estimate of drug-likeness (QED) is 0.427. The number of carbonyl (C=O) groups excluding carboxylic acids is 1. The van der Waals surface area contributed by atoms with Crippen molar-refractivity contribution in [2.75, 3.05) is 5.32 Å². The zero-order valence-electron chi connectivity index (χ0n) is 17.0. The number of aryl methyl sites for hydroxylation is 1. The molecular formula is C24H17ClN4O3. The maximum atomic E-state index is 12.5. The smallest absolute Gasteiger partial charge is 0.256 e. The monoisotopic (exact) mass is 444 g/mol. The van der Waals surface area contributed by atoms with Gasteiger partial charge in [0.25, 0.3) is 5.91 Å². The maximum absolute atomic E-state index is 12.5. The highest BCUT2D eigenvalue weighted by Crippen LogP contribution is 2.40. The normalized spacial score (nSPS) is 13.8. The Balaban J connectivity index is 1.42. The van der Waals surface area contributed by atoms with Crippen molar-refractivity contribution in [1.82, 2.24) is 15.1 Å². The summed E-state index contributed by atoms with van der Waals surface area (Å²) in [5, 5.41) is 7.25. The molecule has 5 rings (SSSR count). The Hall–Kier alpha value is -3.97. The summed E-state index contributed by atoms with van der Waals surface area (Å²) in [5.41, 5.74) is 4.36. The number of hydrogen-bond donors (Lipinski definition) is 1. The summed E-state index contributed by atoms with van der Waals surface area (Å²) in [6, 6.07) is 14.7. The molecule has 1 amide bonds. The molecule has 32 heavy (non-hydrogen) atoms. The first-order valence-corrected chi connectivity index (χ1v) is 10.2. The lowest BCUT2D eigenvalue weighted by molar-refractivity contribution is -0.110. The topological polar surface area (TPSA) is 90.1 Å². The summed E-state index contributed by atoms with van der Waals surface area (Å²) in [4.78, 5) is 20.8.